The van der Waals surface area contributed by atoms with Crippen molar-refractivity contribution >= 4 is 28.7 Å². The molecule has 0 bridgehead atoms. The number of carbonyl (C=O) groups is 1. The highest BCUT2D eigenvalue weighted by Gasteiger charge is 2.21. The minimum atomic E-state index is -1.01. The van der Waals surface area contributed by atoms with Crippen LogP contribution in [-0.2, 0) is 17.8 Å². The molecule has 146 valence electrons. The molecule has 0 aliphatic heterocycles. The maximum absolute atomic E-state index is 12.0. The van der Waals surface area contributed by atoms with Crippen molar-refractivity contribution < 1.29 is 9.90 Å². The van der Waals surface area contributed by atoms with Crippen molar-refractivity contribution in [2.24, 2.45) is 0 Å². The van der Waals surface area contributed by atoms with E-state index in [0.717, 1.165) is 36.3 Å². The molecular weight excluding hydrogens is 376 g/mol. The molecule has 0 aliphatic rings. The average Bonchev–Trinajstić information content (AvgIpc) is 3.32. The van der Waals surface area contributed by atoms with E-state index in [1.807, 2.05) is 24.3 Å². The van der Waals surface area contributed by atoms with Gasteiger partial charge in [0.15, 0.2) is 0 Å². The number of carboxylic acid groups (broad SMARTS) is 1. The van der Waals surface area contributed by atoms with Crippen molar-refractivity contribution in [2.75, 3.05) is 0 Å². The molecule has 2 aromatic heterocycles. The number of aromatic nitrogens is 4. The zero-order valence-corrected chi connectivity index (χ0v) is 16.7. The number of aliphatic carboxylic acids is 1. The Morgan fingerprint density at radius 3 is 2.71 bits per heavy atom. The Morgan fingerprint density at radius 1 is 1.29 bits per heavy atom. The second-order valence-electron chi connectivity index (χ2n) is 6.62. The van der Waals surface area contributed by atoms with Gasteiger partial charge in [0.05, 0.1) is 29.7 Å². The van der Waals surface area contributed by atoms with E-state index in [1.165, 1.54) is 0 Å². The molecule has 1 aromatic carbocycles. The molecule has 6 nitrogen and oxygen atoms in total. The normalized spacial score (nSPS) is 12.1. The van der Waals surface area contributed by atoms with Crippen LogP contribution in [0, 0.1) is 0 Å². The number of nitrogens with zero attached hydrogens (tertiary/aromatic N) is 3. The van der Waals surface area contributed by atoms with Crippen molar-refractivity contribution in [3.05, 3.63) is 70.5 Å². The molecule has 2 N–H and O–H groups in total. The van der Waals surface area contributed by atoms with E-state index >= 15 is 0 Å². The van der Waals surface area contributed by atoms with Gasteiger partial charge in [-0.3, -0.25) is 5.10 Å². The minimum absolute atomic E-state index is 0.180. The smallest absolute Gasteiger partial charge is 0.338 e. The van der Waals surface area contributed by atoms with Crippen LogP contribution in [0.3, 0.4) is 0 Å². The predicted octanol–water partition coefficient (Wildman–Crippen LogP) is 4.67. The molecule has 0 saturated heterocycles. The van der Waals surface area contributed by atoms with Gasteiger partial charge in [-0.2, -0.15) is 5.10 Å². The van der Waals surface area contributed by atoms with Crippen LogP contribution in [-0.4, -0.2) is 30.8 Å². The fourth-order valence-electron chi connectivity index (χ4n) is 3.22. The summed E-state index contributed by atoms with van der Waals surface area (Å²) in [5.41, 5.74) is 3.00. The Kier molecular flexibility index (Phi) is 6.31. The molecule has 0 fully saturated rings. The summed E-state index contributed by atoms with van der Waals surface area (Å²) >= 11 is 6.37. The highest BCUT2D eigenvalue weighted by Crippen LogP contribution is 2.28. The summed E-state index contributed by atoms with van der Waals surface area (Å²) in [5.74, 6) is -0.0900. The first-order valence-electron chi connectivity index (χ1n) is 9.25. The third-order valence-electron chi connectivity index (χ3n) is 4.72. The molecule has 7 heteroatoms. The number of H-pyrrole nitrogens is 1. The molecule has 0 unspecified atom stereocenters. The molecule has 0 spiro atoms. The number of benzene rings is 1. The van der Waals surface area contributed by atoms with Gasteiger partial charge < -0.3 is 9.67 Å². The van der Waals surface area contributed by atoms with Gasteiger partial charge in [0, 0.05) is 17.6 Å². The van der Waals surface area contributed by atoms with E-state index in [0.29, 0.717) is 22.8 Å². The van der Waals surface area contributed by atoms with Crippen LogP contribution in [0.2, 0.25) is 5.02 Å². The summed E-state index contributed by atoms with van der Waals surface area (Å²) in [7, 11) is 0. The Hall–Kier alpha value is -2.86. The first kappa shape index (κ1) is 19.9. The van der Waals surface area contributed by atoms with Crippen LogP contribution in [0.1, 0.15) is 49.5 Å². The van der Waals surface area contributed by atoms with Gasteiger partial charge in [-0.15, -0.1) is 0 Å². The molecule has 0 radical (unpaired) electrons. The summed E-state index contributed by atoms with van der Waals surface area (Å²) in [4.78, 5) is 16.5. The summed E-state index contributed by atoms with van der Waals surface area (Å²) in [6, 6.07) is 9.32. The van der Waals surface area contributed by atoms with Crippen LogP contribution < -0.4 is 0 Å². The largest absolute Gasteiger partial charge is 0.478 e. The molecule has 28 heavy (non-hydrogen) atoms. The van der Waals surface area contributed by atoms with Crippen LogP contribution in [0.15, 0.2) is 42.7 Å². The number of rotatable bonds is 8. The molecule has 0 aliphatic carbocycles. The number of imidazole rings is 1. The molecule has 0 saturated carbocycles. The fourth-order valence-corrected chi connectivity index (χ4v) is 3.42. The summed E-state index contributed by atoms with van der Waals surface area (Å²) in [6.07, 6.45) is 6.17. The quantitative estimate of drug-likeness (QED) is 0.540. The first-order valence-corrected chi connectivity index (χ1v) is 9.62. The van der Waals surface area contributed by atoms with Crippen molar-refractivity contribution in [1.29, 1.82) is 0 Å². The van der Waals surface area contributed by atoms with Gasteiger partial charge in [-0.05, 0) is 36.6 Å². The molecule has 3 rings (SSSR count). The Bertz CT molecular complexity index is 990. The van der Waals surface area contributed by atoms with Crippen LogP contribution in [0.4, 0.5) is 0 Å². The zero-order valence-electron chi connectivity index (χ0n) is 15.9. The highest BCUT2D eigenvalue weighted by atomic mass is 35.5. The van der Waals surface area contributed by atoms with E-state index in [9.17, 15) is 9.90 Å². The predicted molar refractivity (Wildman–Crippen MR) is 110 cm³/mol. The Morgan fingerprint density at radius 2 is 2.07 bits per heavy atom. The Labute approximate surface area is 168 Å². The second-order valence-corrected chi connectivity index (χ2v) is 7.02. The topological polar surface area (TPSA) is 83.8 Å². The van der Waals surface area contributed by atoms with Crippen molar-refractivity contribution in [3.8, 4) is 0 Å². The number of hydrogen-bond donors (Lipinski definition) is 2. The van der Waals surface area contributed by atoms with Crippen molar-refractivity contribution in [1.82, 2.24) is 19.7 Å². The standard InChI is InChI=1S/C21H23ClN4O2/c1-3-4-9-19-23-12-18(26(19)13-15-7-5-6-8-16(15)22)14(2)20(21(27)28)17-10-11-24-25-17/h5-8,10-12H,3-4,9,13H2,1-2H3,(H,24,25)(H,27,28). The summed E-state index contributed by atoms with van der Waals surface area (Å²) in [6.45, 7) is 4.46. The lowest BCUT2D eigenvalue weighted by Gasteiger charge is -2.15. The number of aryl methyl sites for hydroxylation is 1. The molecule has 3 aromatic rings. The maximum atomic E-state index is 12.0. The lowest BCUT2D eigenvalue weighted by Crippen LogP contribution is -2.11. The van der Waals surface area contributed by atoms with Gasteiger partial charge >= 0.3 is 5.97 Å². The van der Waals surface area contributed by atoms with Crippen LogP contribution in [0.25, 0.3) is 11.1 Å². The van der Waals surface area contributed by atoms with Gasteiger partial charge in [0.25, 0.3) is 0 Å². The number of carboxylic acids is 1. The first-order chi connectivity index (χ1) is 13.5. The van der Waals surface area contributed by atoms with Gasteiger partial charge in [-0.1, -0.05) is 43.1 Å². The van der Waals surface area contributed by atoms with Crippen molar-refractivity contribution in [3.63, 3.8) is 0 Å². The SMILES string of the molecule is CCCCc1ncc(C(C)=C(C(=O)O)c2ccn[nH]2)n1Cc1ccccc1Cl. The lowest BCUT2D eigenvalue weighted by atomic mass is 10.0. The van der Waals surface area contributed by atoms with E-state index in [2.05, 4.69) is 26.7 Å². The van der Waals surface area contributed by atoms with E-state index in [-0.39, 0.29) is 5.57 Å². The van der Waals surface area contributed by atoms with E-state index < -0.39 is 5.97 Å². The third-order valence-corrected chi connectivity index (χ3v) is 5.09. The van der Waals surface area contributed by atoms with Crippen molar-refractivity contribution in [2.45, 2.75) is 39.7 Å². The number of allylic oxidation sites excluding steroid dienone is 1. The molecule has 2 heterocycles. The van der Waals surface area contributed by atoms with Crippen LogP contribution >= 0.6 is 11.6 Å². The summed E-state index contributed by atoms with van der Waals surface area (Å²) in [5, 5.41) is 17.1. The van der Waals surface area contributed by atoms with Gasteiger partial charge in [0.1, 0.15) is 5.82 Å². The number of hydrogen-bond acceptors (Lipinski definition) is 3. The number of aromatic amines is 1. The third kappa shape index (κ3) is 4.17. The monoisotopic (exact) mass is 398 g/mol. The second kappa shape index (κ2) is 8.89. The fraction of sp³-hybridized carbons (Fsp3) is 0.286. The molecular formula is C21H23ClN4O2. The Balaban J connectivity index is 2.12. The van der Waals surface area contributed by atoms with Crippen LogP contribution in [0.5, 0.6) is 0 Å². The maximum Gasteiger partial charge on any atom is 0.338 e. The molecule has 0 atom stereocenters. The number of nitrogens with one attached hydrogen (secondary N) is 1. The number of halogens is 1. The summed E-state index contributed by atoms with van der Waals surface area (Å²) < 4.78 is 2.06. The average molecular weight is 399 g/mol. The van der Waals surface area contributed by atoms with Gasteiger partial charge in [0.2, 0.25) is 0 Å². The van der Waals surface area contributed by atoms with E-state index in [1.54, 1.807) is 25.4 Å². The molecule has 0 amide bonds. The van der Waals surface area contributed by atoms with E-state index in [4.69, 9.17) is 11.6 Å². The van der Waals surface area contributed by atoms with Gasteiger partial charge in [-0.25, -0.2) is 9.78 Å². The minimum Gasteiger partial charge on any atom is -0.478 e. The lowest BCUT2D eigenvalue weighted by molar-refractivity contribution is -0.130. The number of unbranched alkanes of at least 4 members (excludes halogenated alkanes) is 1. The highest BCUT2D eigenvalue weighted by molar-refractivity contribution is 6.31. The zero-order chi connectivity index (χ0) is 20.1.